The number of carbonyl (C=O) groups excluding carboxylic acids is 1. The summed E-state index contributed by atoms with van der Waals surface area (Å²) in [7, 11) is 0. The van der Waals surface area contributed by atoms with Crippen molar-refractivity contribution in [2.24, 2.45) is 0 Å². The largest absolute Gasteiger partial charge is 0.374 e. The maximum Gasteiger partial charge on any atom is 0.239 e. The van der Waals surface area contributed by atoms with Crippen LogP contribution in [-0.4, -0.2) is 25.5 Å². The third-order valence-corrected chi connectivity index (χ3v) is 4.44. The molecule has 0 atom stereocenters. The highest BCUT2D eigenvalue weighted by Gasteiger charge is 2.14. The first kappa shape index (κ1) is 17.3. The Labute approximate surface area is 148 Å². The molecule has 1 amide bonds. The molecule has 1 fully saturated rings. The number of para-hydroxylation sites is 2. The van der Waals surface area contributed by atoms with Crippen molar-refractivity contribution in [2.45, 2.75) is 25.8 Å². The smallest absolute Gasteiger partial charge is 0.239 e. The number of hydrogen-bond acceptors (Lipinski definition) is 3. The average Bonchev–Trinajstić information content (AvgIpc) is 2.67. The van der Waals surface area contributed by atoms with E-state index in [0.717, 1.165) is 30.0 Å². The van der Waals surface area contributed by atoms with E-state index in [0.29, 0.717) is 6.54 Å². The van der Waals surface area contributed by atoms with E-state index in [1.165, 1.54) is 31.4 Å². The van der Waals surface area contributed by atoms with Crippen LogP contribution in [0.4, 0.5) is 15.8 Å². The molecule has 3 rings (SSSR count). The van der Waals surface area contributed by atoms with Crippen LogP contribution < -0.4 is 15.5 Å². The lowest BCUT2D eigenvalue weighted by Crippen LogP contribution is -2.32. The number of carbonyl (C=O) groups is 1. The van der Waals surface area contributed by atoms with Gasteiger partial charge in [-0.1, -0.05) is 24.3 Å². The van der Waals surface area contributed by atoms with E-state index in [9.17, 15) is 9.18 Å². The highest BCUT2D eigenvalue weighted by Crippen LogP contribution is 2.27. The second kappa shape index (κ2) is 8.51. The van der Waals surface area contributed by atoms with Crippen molar-refractivity contribution < 1.29 is 9.18 Å². The van der Waals surface area contributed by atoms with Crippen LogP contribution in [0, 0.1) is 5.82 Å². The molecule has 0 spiro atoms. The average molecular weight is 341 g/mol. The minimum Gasteiger partial charge on any atom is -0.374 e. The number of piperidine rings is 1. The SMILES string of the molecule is O=C(CNc1ccccc1N1CCCCC1)NCc1ccc(F)cc1. The Bertz CT molecular complexity index is 696. The molecular weight excluding hydrogens is 317 g/mol. The molecule has 1 aliphatic rings. The summed E-state index contributed by atoms with van der Waals surface area (Å²) in [5.74, 6) is -0.358. The van der Waals surface area contributed by atoms with Crippen molar-refractivity contribution in [3.8, 4) is 0 Å². The van der Waals surface area contributed by atoms with Crippen LogP contribution in [0.5, 0.6) is 0 Å². The minimum absolute atomic E-state index is 0.0854. The topological polar surface area (TPSA) is 44.4 Å². The Morgan fingerprint density at radius 3 is 2.48 bits per heavy atom. The summed E-state index contributed by atoms with van der Waals surface area (Å²) in [5, 5.41) is 6.09. The number of hydrogen-bond donors (Lipinski definition) is 2. The zero-order chi connectivity index (χ0) is 17.5. The molecule has 0 saturated carbocycles. The van der Waals surface area contributed by atoms with Gasteiger partial charge in [0.25, 0.3) is 0 Å². The lowest BCUT2D eigenvalue weighted by Gasteiger charge is -2.30. The van der Waals surface area contributed by atoms with Gasteiger partial charge in [-0.25, -0.2) is 4.39 Å². The van der Waals surface area contributed by atoms with Crippen molar-refractivity contribution >= 4 is 17.3 Å². The molecule has 2 N–H and O–H groups in total. The summed E-state index contributed by atoms with van der Waals surface area (Å²) in [6.45, 7) is 2.74. The van der Waals surface area contributed by atoms with E-state index in [-0.39, 0.29) is 18.3 Å². The van der Waals surface area contributed by atoms with Crippen LogP contribution in [0.3, 0.4) is 0 Å². The number of halogens is 1. The molecule has 1 aliphatic heterocycles. The van der Waals surface area contributed by atoms with E-state index in [1.54, 1.807) is 12.1 Å². The molecular formula is C20H24FN3O. The number of nitrogens with zero attached hydrogens (tertiary/aromatic N) is 1. The second-order valence-corrected chi connectivity index (χ2v) is 6.32. The first-order valence-electron chi connectivity index (χ1n) is 8.81. The Morgan fingerprint density at radius 1 is 1.00 bits per heavy atom. The zero-order valence-electron chi connectivity index (χ0n) is 14.3. The Balaban J connectivity index is 1.52. The van der Waals surface area contributed by atoms with Gasteiger partial charge in [0, 0.05) is 19.6 Å². The standard InChI is InChI=1S/C20H24FN3O/c21-17-10-8-16(9-11-17)14-23-20(25)15-22-18-6-2-3-7-19(18)24-12-4-1-5-13-24/h2-3,6-11,22H,1,4-5,12-15H2,(H,23,25). The Hall–Kier alpha value is -2.56. The van der Waals surface area contributed by atoms with Gasteiger partial charge < -0.3 is 15.5 Å². The van der Waals surface area contributed by atoms with Crippen LogP contribution in [0.2, 0.25) is 0 Å². The molecule has 1 heterocycles. The van der Waals surface area contributed by atoms with Crippen LogP contribution in [0.25, 0.3) is 0 Å². The van der Waals surface area contributed by atoms with E-state index < -0.39 is 0 Å². The van der Waals surface area contributed by atoms with Crippen LogP contribution in [0.15, 0.2) is 48.5 Å². The van der Waals surface area contributed by atoms with Crippen molar-refractivity contribution in [1.82, 2.24) is 5.32 Å². The van der Waals surface area contributed by atoms with Gasteiger partial charge in [-0.15, -0.1) is 0 Å². The van der Waals surface area contributed by atoms with Crippen molar-refractivity contribution in [3.63, 3.8) is 0 Å². The van der Waals surface area contributed by atoms with E-state index in [2.05, 4.69) is 21.6 Å². The normalized spacial score (nSPS) is 14.2. The van der Waals surface area contributed by atoms with Gasteiger partial charge in [-0.2, -0.15) is 0 Å². The van der Waals surface area contributed by atoms with Gasteiger partial charge in [-0.3, -0.25) is 4.79 Å². The van der Waals surface area contributed by atoms with E-state index >= 15 is 0 Å². The van der Waals surface area contributed by atoms with Crippen LogP contribution in [-0.2, 0) is 11.3 Å². The number of nitrogens with one attached hydrogen (secondary N) is 2. The van der Waals surface area contributed by atoms with Crippen molar-refractivity contribution in [1.29, 1.82) is 0 Å². The summed E-state index contributed by atoms with van der Waals surface area (Å²) < 4.78 is 12.9. The monoisotopic (exact) mass is 341 g/mol. The Kier molecular flexibility index (Phi) is 5.88. The fraction of sp³-hybridized carbons (Fsp3) is 0.350. The predicted octanol–water partition coefficient (Wildman–Crippen LogP) is 3.54. The van der Waals surface area contributed by atoms with E-state index in [4.69, 9.17) is 0 Å². The zero-order valence-corrected chi connectivity index (χ0v) is 14.3. The van der Waals surface area contributed by atoms with Gasteiger partial charge in [0.05, 0.1) is 17.9 Å². The molecule has 1 saturated heterocycles. The Morgan fingerprint density at radius 2 is 1.72 bits per heavy atom. The van der Waals surface area contributed by atoms with Gasteiger partial charge in [0.2, 0.25) is 5.91 Å². The second-order valence-electron chi connectivity index (χ2n) is 6.32. The molecule has 2 aromatic rings. The molecule has 0 aromatic heterocycles. The van der Waals surface area contributed by atoms with Crippen LogP contribution >= 0.6 is 0 Å². The molecule has 5 heteroatoms. The quantitative estimate of drug-likeness (QED) is 0.845. The van der Waals surface area contributed by atoms with Crippen molar-refractivity contribution in [3.05, 3.63) is 59.9 Å². The summed E-state index contributed by atoms with van der Waals surface area (Å²) in [5.41, 5.74) is 3.03. The van der Waals surface area contributed by atoms with Gasteiger partial charge in [0.15, 0.2) is 0 Å². The third kappa shape index (κ3) is 4.95. The maximum atomic E-state index is 12.9. The summed E-state index contributed by atoms with van der Waals surface area (Å²) >= 11 is 0. The first-order chi connectivity index (χ1) is 12.2. The highest BCUT2D eigenvalue weighted by molar-refractivity contribution is 5.82. The lowest BCUT2D eigenvalue weighted by atomic mass is 10.1. The highest BCUT2D eigenvalue weighted by atomic mass is 19.1. The predicted molar refractivity (Wildman–Crippen MR) is 99.2 cm³/mol. The van der Waals surface area contributed by atoms with Gasteiger partial charge >= 0.3 is 0 Å². The lowest BCUT2D eigenvalue weighted by molar-refractivity contribution is -0.119. The van der Waals surface area contributed by atoms with Crippen molar-refractivity contribution in [2.75, 3.05) is 29.9 Å². The molecule has 0 bridgehead atoms. The summed E-state index contributed by atoms with van der Waals surface area (Å²) in [6.07, 6.45) is 3.72. The number of benzene rings is 2. The summed E-state index contributed by atoms with van der Waals surface area (Å²) in [6, 6.07) is 14.3. The number of rotatable bonds is 6. The molecule has 4 nitrogen and oxygen atoms in total. The molecule has 25 heavy (non-hydrogen) atoms. The van der Waals surface area contributed by atoms with Gasteiger partial charge in [0.1, 0.15) is 5.82 Å². The molecule has 0 unspecified atom stereocenters. The molecule has 0 aliphatic carbocycles. The fourth-order valence-corrected chi connectivity index (χ4v) is 3.07. The van der Waals surface area contributed by atoms with Crippen LogP contribution in [0.1, 0.15) is 24.8 Å². The first-order valence-corrected chi connectivity index (χ1v) is 8.81. The molecule has 0 radical (unpaired) electrons. The minimum atomic E-state index is -0.272. The van der Waals surface area contributed by atoms with E-state index in [1.807, 2.05) is 18.2 Å². The molecule has 132 valence electrons. The van der Waals surface area contributed by atoms with Gasteiger partial charge in [-0.05, 0) is 49.1 Å². The number of amides is 1. The number of anilines is 2. The third-order valence-electron chi connectivity index (χ3n) is 4.44. The fourth-order valence-electron chi connectivity index (χ4n) is 3.07. The maximum absolute atomic E-state index is 12.9. The molecule has 2 aromatic carbocycles. The summed E-state index contributed by atoms with van der Waals surface area (Å²) in [4.78, 5) is 14.5.